The molecule has 0 radical (unpaired) electrons. The molecule has 5 rings (SSSR count). The molecule has 2 fully saturated rings. The van der Waals surface area contributed by atoms with Crippen molar-refractivity contribution < 1.29 is 18.7 Å². The van der Waals surface area contributed by atoms with Gasteiger partial charge in [0.05, 0.1) is 43.2 Å². The number of fused-ring (bicyclic) bond motifs is 1. The number of rotatable bonds is 4. The first-order valence-electron chi connectivity index (χ1n) is 11.2. The summed E-state index contributed by atoms with van der Waals surface area (Å²) < 4.78 is 19.9. The number of nitrogen functional groups attached to an aromatic ring is 1. The largest absolute Gasteiger partial charge is 0.381 e. The molecule has 12 heteroatoms. The maximum Gasteiger partial charge on any atom is 0.263 e. The van der Waals surface area contributed by atoms with Crippen molar-refractivity contribution in [1.82, 2.24) is 24.5 Å². The van der Waals surface area contributed by atoms with Crippen molar-refractivity contribution in [2.75, 3.05) is 55.3 Å². The summed E-state index contributed by atoms with van der Waals surface area (Å²) in [7, 11) is 0. The Kier molecular flexibility index (Phi) is 5.97. The van der Waals surface area contributed by atoms with Crippen LogP contribution in [-0.2, 0) is 9.53 Å². The van der Waals surface area contributed by atoms with Gasteiger partial charge in [-0.3, -0.25) is 14.6 Å². The zero-order chi connectivity index (χ0) is 23.7. The molecule has 2 aliphatic rings. The summed E-state index contributed by atoms with van der Waals surface area (Å²) in [5.41, 5.74) is 7.44. The van der Waals surface area contributed by atoms with Gasteiger partial charge in [-0.1, -0.05) is 0 Å². The highest BCUT2D eigenvalue weighted by molar-refractivity contribution is 6.12. The van der Waals surface area contributed by atoms with Gasteiger partial charge in [-0.2, -0.15) is 0 Å². The van der Waals surface area contributed by atoms with Gasteiger partial charge in [0, 0.05) is 38.3 Å². The number of hydrogen-bond acceptors (Lipinski definition) is 8. The van der Waals surface area contributed by atoms with Crippen molar-refractivity contribution >= 4 is 34.7 Å². The molecule has 5 heterocycles. The van der Waals surface area contributed by atoms with E-state index in [1.165, 1.54) is 0 Å². The molecule has 34 heavy (non-hydrogen) atoms. The lowest BCUT2D eigenvalue weighted by Gasteiger charge is -2.37. The Morgan fingerprint density at radius 2 is 1.91 bits per heavy atom. The fraction of sp³-hybridized carbons (Fsp3) is 0.409. The Bertz CT molecular complexity index is 1220. The molecule has 0 bridgehead atoms. The molecular formula is C22H25FN8O3. The quantitative estimate of drug-likeness (QED) is 0.584. The highest BCUT2D eigenvalue weighted by Crippen LogP contribution is 2.31. The Balaban J connectivity index is 1.30. The van der Waals surface area contributed by atoms with E-state index in [4.69, 9.17) is 10.5 Å². The van der Waals surface area contributed by atoms with Crippen LogP contribution >= 0.6 is 0 Å². The maximum atomic E-state index is 13.5. The minimum atomic E-state index is -0.591. The first-order valence-corrected chi connectivity index (χ1v) is 11.2. The Morgan fingerprint density at radius 1 is 1.15 bits per heavy atom. The van der Waals surface area contributed by atoms with Crippen LogP contribution in [0.25, 0.3) is 5.65 Å². The minimum absolute atomic E-state index is 0.0146. The number of nitrogens with zero attached hydrogens (tertiary/aromatic N) is 6. The number of morpholine rings is 1. The van der Waals surface area contributed by atoms with Gasteiger partial charge in [0.1, 0.15) is 5.56 Å². The molecule has 2 amide bonds. The molecule has 178 valence electrons. The average molecular weight is 468 g/mol. The van der Waals surface area contributed by atoms with Crippen molar-refractivity contribution in [3.8, 4) is 0 Å². The van der Waals surface area contributed by atoms with Crippen LogP contribution in [0.3, 0.4) is 0 Å². The van der Waals surface area contributed by atoms with Gasteiger partial charge in [-0.15, -0.1) is 5.10 Å². The molecule has 11 nitrogen and oxygen atoms in total. The molecule has 0 unspecified atom stereocenters. The number of pyridine rings is 1. The summed E-state index contributed by atoms with van der Waals surface area (Å²) in [6.07, 6.45) is 6.78. The number of hydrogen-bond donors (Lipinski definition) is 2. The zero-order valence-electron chi connectivity index (χ0n) is 18.5. The van der Waals surface area contributed by atoms with Crippen LogP contribution < -0.4 is 16.0 Å². The van der Waals surface area contributed by atoms with E-state index in [1.807, 2.05) is 11.0 Å². The second-order valence-electron chi connectivity index (χ2n) is 8.35. The molecule has 0 aromatic carbocycles. The predicted octanol–water partition coefficient (Wildman–Crippen LogP) is 1.17. The van der Waals surface area contributed by atoms with Crippen molar-refractivity contribution in [2.45, 2.75) is 12.8 Å². The first-order chi connectivity index (χ1) is 16.5. The molecule has 2 saturated heterocycles. The highest BCUT2D eigenvalue weighted by atomic mass is 19.1. The minimum Gasteiger partial charge on any atom is -0.381 e. The van der Waals surface area contributed by atoms with Gasteiger partial charge < -0.3 is 25.6 Å². The number of nitrogens with one attached hydrogen (secondary N) is 1. The number of halogens is 1. The number of aromatic nitrogens is 4. The van der Waals surface area contributed by atoms with Gasteiger partial charge in [0.15, 0.2) is 17.3 Å². The van der Waals surface area contributed by atoms with E-state index >= 15 is 0 Å². The summed E-state index contributed by atoms with van der Waals surface area (Å²) in [4.78, 5) is 38.0. The number of ether oxygens (including phenoxy) is 1. The Hall–Kier alpha value is -3.80. The van der Waals surface area contributed by atoms with Crippen LogP contribution in [0.2, 0.25) is 0 Å². The number of amides is 2. The van der Waals surface area contributed by atoms with Crippen LogP contribution in [0.4, 0.5) is 21.6 Å². The third kappa shape index (κ3) is 4.23. The van der Waals surface area contributed by atoms with E-state index < -0.39 is 11.7 Å². The molecular weight excluding hydrogens is 443 g/mol. The smallest absolute Gasteiger partial charge is 0.263 e. The second kappa shape index (κ2) is 9.21. The number of carbonyl (C=O) groups excluding carboxylic acids is 2. The Morgan fingerprint density at radius 3 is 2.68 bits per heavy atom. The topological polar surface area (TPSA) is 131 Å². The summed E-state index contributed by atoms with van der Waals surface area (Å²) in [6, 6.07) is 1.83. The molecule has 3 aromatic heterocycles. The summed E-state index contributed by atoms with van der Waals surface area (Å²) in [5, 5.41) is 6.82. The molecule has 0 aliphatic carbocycles. The third-order valence-corrected chi connectivity index (χ3v) is 6.25. The van der Waals surface area contributed by atoms with Crippen molar-refractivity contribution in [1.29, 1.82) is 0 Å². The average Bonchev–Trinajstić information content (AvgIpc) is 3.19. The van der Waals surface area contributed by atoms with Gasteiger partial charge >= 0.3 is 0 Å². The maximum absolute atomic E-state index is 13.5. The van der Waals surface area contributed by atoms with Crippen molar-refractivity contribution in [3.63, 3.8) is 0 Å². The molecule has 3 N–H and O–H groups in total. The van der Waals surface area contributed by atoms with Crippen LogP contribution in [0.5, 0.6) is 0 Å². The van der Waals surface area contributed by atoms with Gasteiger partial charge in [-0.05, 0) is 18.9 Å². The number of carbonyl (C=O) groups is 2. The standard InChI is InChI=1S/C22H25FN8O3/c23-15-11-26-20-18(19(24)28-31(20)13-15)21(32)27-16-12-25-4-1-17(16)29-5-2-14(3-6-29)22(33)30-7-9-34-10-8-30/h1,4,11-14H,2-3,5-10H2,(H2,24,28)(H,27,32). The van der Waals surface area contributed by atoms with E-state index in [1.54, 1.807) is 12.4 Å². The fourth-order valence-corrected chi connectivity index (χ4v) is 4.50. The van der Waals surface area contributed by atoms with Crippen LogP contribution in [-0.4, -0.2) is 75.7 Å². The lowest BCUT2D eigenvalue weighted by atomic mass is 9.94. The molecule has 0 atom stereocenters. The normalized spacial score (nSPS) is 17.2. The van der Waals surface area contributed by atoms with Gasteiger partial charge in [0.25, 0.3) is 5.91 Å². The predicted molar refractivity (Wildman–Crippen MR) is 122 cm³/mol. The van der Waals surface area contributed by atoms with E-state index in [0.29, 0.717) is 45.1 Å². The van der Waals surface area contributed by atoms with E-state index in [2.05, 4.69) is 25.3 Å². The van der Waals surface area contributed by atoms with Crippen LogP contribution in [0.1, 0.15) is 23.2 Å². The monoisotopic (exact) mass is 468 g/mol. The molecule has 2 aliphatic heterocycles. The summed E-state index contributed by atoms with van der Waals surface area (Å²) in [6.45, 7) is 3.82. The number of anilines is 3. The molecule has 0 spiro atoms. The first kappa shape index (κ1) is 22.0. The Labute approximate surface area is 194 Å². The fourth-order valence-electron chi connectivity index (χ4n) is 4.50. The lowest BCUT2D eigenvalue weighted by molar-refractivity contribution is -0.140. The van der Waals surface area contributed by atoms with Gasteiger partial charge in [-0.25, -0.2) is 13.9 Å². The molecule has 3 aromatic rings. The highest BCUT2D eigenvalue weighted by Gasteiger charge is 2.30. The van der Waals surface area contributed by atoms with E-state index in [0.717, 1.165) is 35.4 Å². The lowest BCUT2D eigenvalue weighted by Crippen LogP contribution is -2.46. The summed E-state index contributed by atoms with van der Waals surface area (Å²) >= 11 is 0. The number of nitrogens with two attached hydrogens (primary N) is 1. The van der Waals surface area contributed by atoms with E-state index in [-0.39, 0.29) is 28.9 Å². The molecule has 0 saturated carbocycles. The van der Waals surface area contributed by atoms with Crippen molar-refractivity contribution in [3.05, 3.63) is 42.2 Å². The summed E-state index contributed by atoms with van der Waals surface area (Å²) in [5.74, 6) is -0.980. The third-order valence-electron chi connectivity index (χ3n) is 6.25. The number of piperidine rings is 1. The van der Waals surface area contributed by atoms with E-state index in [9.17, 15) is 14.0 Å². The van der Waals surface area contributed by atoms with Crippen LogP contribution in [0.15, 0.2) is 30.9 Å². The van der Waals surface area contributed by atoms with Crippen molar-refractivity contribution in [2.24, 2.45) is 5.92 Å². The SMILES string of the molecule is Nc1nn2cc(F)cnc2c1C(=O)Nc1cnccc1N1CCC(C(=O)N2CCOCC2)CC1. The zero-order valence-corrected chi connectivity index (χ0v) is 18.5. The van der Waals surface area contributed by atoms with Gasteiger partial charge in [0.2, 0.25) is 5.91 Å². The second-order valence-corrected chi connectivity index (χ2v) is 8.35. The van der Waals surface area contributed by atoms with Crippen LogP contribution in [0, 0.1) is 11.7 Å².